The monoisotopic (exact) mass is 394 g/mol. The number of aryl methyl sites for hydroxylation is 1. The van der Waals surface area contributed by atoms with E-state index in [0.717, 1.165) is 16.7 Å². The highest BCUT2D eigenvalue weighted by atomic mass is 16.6. The molecular formula is C22H22N2O5. The number of esters is 1. The van der Waals surface area contributed by atoms with Crippen LogP contribution in [0, 0.1) is 6.92 Å². The fraction of sp³-hybridized carbons (Fsp3) is 0.227. The molecule has 0 aliphatic carbocycles. The van der Waals surface area contributed by atoms with Crippen molar-refractivity contribution in [2.24, 2.45) is 0 Å². The van der Waals surface area contributed by atoms with Gasteiger partial charge in [-0.2, -0.15) is 0 Å². The van der Waals surface area contributed by atoms with Crippen LogP contribution in [0.3, 0.4) is 0 Å². The van der Waals surface area contributed by atoms with Crippen molar-refractivity contribution < 1.29 is 23.4 Å². The first-order valence-corrected chi connectivity index (χ1v) is 9.01. The van der Waals surface area contributed by atoms with E-state index in [4.69, 9.17) is 18.6 Å². The standard InChI is InChI=1S/C22H22N2O5/c1-14-5-9-17(10-6-14)22-24-23-21(29-22)15(2)28-20(25)12-8-16-7-11-18(26-3)19(13-16)27-4/h5-13,15H,1-4H3/b12-8+/t15-/m1/s1. The molecule has 0 aliphatic rings. The van der Waals surface area contributed by atoms with Gasteiger partial charge in [0.05, 0.1) is 14.2 Å². The van der Waals surface area contributed by atoms with E-state index in [0.29, 0.717) is 17.4 Å². The maximum Gasteiger partial charge on any atom is 0.331 e. The molecule has 1 heterocycles. The summed E-state index contributed by atoms with van der Waals surface area (Å²) in [4.78, 5) is 12.1. The summed E-state index contributed by atoms with van der Waals surface area (Å²) in [6, 6.07) is 13.0. The molecule has 0 spiro atoms. The van der Waals surface area contributed by atoms with Gasteiger partial charge >= 0.3 is 5.97 Å². The minimum absolute atomic E-state index is 0.230. The lowest BCUT2D eigenvalue weighted by Crippen LogP contribution is -2.06. The van der Waals surface area contributed by atoms with Crippen LogP contribution in [-0.2, 0) is 9.53 Å². The van der Waals surface area contributed by atoms with Gasteiger partial charge in [-0.15, -0.1) is 10.2 Å². The smallest absolute Gasteiger partial charge is 0.331 e. The lowest BCUT2D eigenvalue weighted by Gasteiger charge is -2.08. The third kappa shape index (κ3) is 5.01. The minimum atomic E-state index is -0.677. The van der Waals surface area contributed by atoms with E-state index < -0.39 is 12.1 Å². The van der Waals surface area contributed by atoms with Gasteiger partial charge in [0.25, 0.3) is 5.89 Å². The number of hydrogen-bond donors (Lipinski definition) is 0. The zero-order chi connectivity index (χ0) is 20.8. The predicted octanol–water partition coefficient (Wildman–Crippen LogP) is 4.38. The highest BCUT2D eigenvalue weighted by Gasteiger charge is 2.18. The Hall–Kier alpha value is -3.61. The molecule has 0 radical (unpaired) electrons. The molecule has 3 rings (SSSR count). The van der Waals surface area contributed by atoms with E-state index in [1.807, 2.05) is 31.2 Å². The fourth-order valence-corrected chi connectivity index (χ4v) is 2.60. The molecular weight excluding hydrogens is 372 g/mol. The van der Waals surface area contributed by atoms with Crippen molar-refractivity contribution in [2.75, 3.05) is 14.2 Å². The van der Waals surface area contributed by atoms with Gasteiger partial charge in [0.2, 0.25) is 5.89 Å². The van der Waals surface area contributed by atoms with Crippen LogP contribution in [0.4, 0.5) is 0 Å². The highest BCUT2D eigenvalue weighted by Crippen LogP contribution is 2.28. The molecule has 0 unspecified atom stereocenters. The Kier molecular flexibility index (Phi) is 6.29. The van der Waals surface area contributed by atoms with Gasteiger partial charge in [0.15, 0.2) is 17.6 Å². The van der Waals surface area contributed by atoms with Crippen LogP contribution < -0.4 is 9.47 Å². The van der Waals surface area contributed by atoms with Gasteiger partial charge in [0, 0.05) is 11.6 Å². The number of benzene rings is 2. The fourth-order valence-electron chi connectivity index (χ4n) is 2.60. The number of aromatic nitrogens is 2. The average Bonchev–Trinajstić information content (AvgIpc) is 3.23. The van der Waals surface area contributed by atoms with Crippen LogP contribution in [0.2, 0.25) is 0 Å². The second kappa shape index (κ2) is 9.05. The van der Waals surface area contributed by atoms with E-state index >= 15 is 0 Å². The first-order valence-electron chi connectivity index (χ1n) is 9.01. The molecule has 2 aromatic carbocycles. The van der Waals surface area contributed by atoms with Crippen LogP contribution in [0.1, 0.15) is 30.0 Å². The predicted molar refractivity (Wildman–Crippen MR) is 108 cm³/mol. The molecule has 0 amide bonds. The third-order valence-corrected chi connectivity index (χ3v) is 4.20. The van der Waals surface area contributed by atoms with Crippen molar-refractivity contribution >= 4 is 12.0 Å². The van der Waals surface area contributed by atoms with Crippen LogP contribution >= 0.6 is 0 Å². The van der Waals surface area contributed by atoms with Crippen molar-refractivity contribution in [3.8, 4) is 23.0 Å². The number of carbonyl (C=O) groups is 1. The Morgan fingerprint density at radius 1 is 1.03 bits per heavy atom. The van der Waals surface area contributed by atoms with Crippen molar-refractivity contribution in [2.45, 2.75) is 20.0 Å². The molecule has 29 heavy (non-hydrogen) atoms. The molecule has 0 aliphatic heterocycles. The summed E-state index contributed by atoms with van der Waals surface area (Å²) in [5.74, 6) is 1.27. The van der Waals surface area contributed by atoms with Gasteiger partial charge < -0.3 is 18.6 Å². The Labute approximate surface area is 168 Å². The Balaban J connectivity index is 1.63. The highest BCUT2D eigenvalue weighted by molar-refractivity contribution is 5.87. The van der Waals surface area contributed by atoms with E-state index in [2.05, 4.69) is 10.2 Å². The number of ether oxygens (including phenoxy) is 3. The Morgan fingerprint density at radius 3 is 2.45 bits per heavy atom. The maximum atomic E-state index is 12.1. The summed E-state index contributed by atoms with van der Waals surface area (Å²) in [6.07, 6.45) is 2.28. The van der Waals surface area contributed by atoms with Crippen molar-refractivity contribution in [1.82, 2.24) is 10.2 Å². The molecule has 0 fully saturated rings. The van der Waals surface area contributed by atoms with E-state index in [1.165, 1.54) is 6.08 Å². The molecule has 150 valence electrons. The zero-order valence-electron chi connectivity index (χ0n) is 16.7. The largest absolute Gasteiger partial charge is 0.493 e. The molecule has 1 aromatic heterocycles. The normalized spacial score (nSPS) is 12.0. The number of methoxy groups -OCH3 is 2. The van der Waals surface area contributed by atoms with Crippen molar-refractivity contribution in [3.05, 3.63) is 65.6 Å². The molecule has 3 aromatic rings. The lowest BCUT2D eigenvalue weighted by molar-refractivity contribution is -0.143. The van der Waals surface area contributed by atoms with E-state index in [9.17, 15) is 4.79 Å². The summed E-state index contributed by atoms with van der Waals surface area (Å²) >= 11 is 0. The summed E-state index contributed by atoms with van der Waals surface area (Å²) < 4.78 is 21.4. The summed E-state index contributed by atoms with van der Waals surface area (Å²) in [5.41, 5.74) is 2.71. The SMILES string of the molecule is COc1ccc(/C=C/C(=O)O[C@H](C)c2nnc(-c3ccc(C)cc3)o2)cc1OC. The first kappa shape index (κ1) is 20.1. The van der Waals surface area contributed by atoms with E-state index in [1.54, 1.807) is 45.4 Å². The topological polar surface area (TPSA) is 83.7 Å². The van der Waals surface area contributed by atoms with Crippen LogP contribution in [0.25, 0.3) is 17.5 Å². The summed E-state index contributed by atoms with van der Waals surface area (Å²) in [7, 11) is 3.12. The molecule has 0 N–H and O–H groups in total. The van der Waals surface area contributed by atoms with Gasteiger partial charge in [-0.3, -0.25) is 0 Å². The Bertz CT molecular complexity index is 1010. The molecule has 0 bridgehead atoms. The van der Waals surface area contributed by atoms with Gasteiger partial charge in [0.1, 0.15) is 0 Å². The van der Waals surface area contributed by atoms with Gasteiger partial charge in [-0.25, -0.2) is 4.79 Å². The van der Waals surface area contributed by atoms with Crippen LogP contribution in [0.15, 0.2) is 53.0 Å². The summed E-state index contributed by atoms with van der Waals surface area (Å²) in [5, 5.41) is 8.00. The lowest BCUT2D eigenvalue weighted by atomic mass is 10.1. The molecule has 7 heteroatoms. The minimum Gasteiger partial charge on any atom is -0.493 e. The second-order valence-electron chi connectivity index (χ2n) is 6.34. The van der Waals surface area contributed by atoms with Crippen LogP contribution in [0.5, 0.6) is 11.5 Å². The first-order chi connectivity index (χ1) is 14.0. The molecule has 0 saturated carbocycles. The zero-order valence-corrected chi connectivity index (χ0v) is 16.7. The quantitative estimate of drug-likeness (QED) is 0.434. The second-order valence-corrected chi connectivity index (χ2v) is 6.34. The number of nitrogens with zero attached hydrogens (tertiary/aromatic N) is 2. The van der Waals surface area contributed by atoms with Crippen LogP contribution in [-0.4, -0.2) is 30.4 Å². The average molecular weight is 394 g/mol. The molecule has 7 nitrogen and oxygen atoms in total. The van der Waals surface area contributed by atoms with E-state index in [-0.39, 0.29) is 5.89 Å². The Morgan fingerprint density at radius 2 is 1.76 bits per heavy atom. The number of carbonyl (C=O) groups excluding carboxylic acids is 1. The third-order valence-electron chi connectivity index (χ3n) is 4.20. The summed E-state index contributed by atoms with van der Waals surface area (Å²) in [6.45, 7) is 3.68. The number of rotatable bonds is 7. The molecule has 0 saturated heterocycles. The number of hydrogen-bond acceptors (Lipinski definition) is 7. The van der Waals surface area contributed by atoms with Crippen molar-refractivity contribution in [3.63, 3.8) is 0 Å². The van der Waals surface area contributed by atoms with Crippen molar-refractivity contribution in [1.29, 1.82) is 0 Å². The maximum absolute atomic E-state index is 12.1. The van der Waals surface area contributed by atoms with Gasteiger partial charge in [-0.05, 0) is 49.8 Å². The molecule has 1 atom stereocenters. The van der Waals surface area contributed by atoms with Gasteiger partial charge in [-0.1, -0.05) is 23.8 Å².